The van der Waals surface area contributed by atoms with Crippen molar-refractivity contribution in [1.82, 2.24) is 0 Å². The molecule has 1 aliphatic rings. The van der Waals surface area contributed by atoms with Crippen molar-refractivity contribution >= 4 is 31.6 Å². The summed E-state index contributed by atoms with van der Waals surface area (Å²) in [4.78, 5) is 12.5. The van der Waals surface area contributed by atoms with Gasteiger partial charge in [-0.15, -0.1) is 6.58 Å². The number of sulfone groups is 1. The average molecular weight is 489 g/mol. The Morgan fingerprint density at radius 2 is 1.87 bits per heavy atom. The van der Waals surface area contributed by atoms with Gasteiger partial charge in [0.25, 0.3) is 0 Å². The third kappa shape index (κ3) is 5.92. The molecule has 0 saturated carbocycles. The van der Waals surface area contributed by atoms with E-state index in [0.29, 0.717) is 18.6 Å². The molecule has 0 heterocycles. The molecule has 0 N–H and O–H groups in total. The zero-order valence-electron chi connectivity index (χ0n) is 17.5. The van der Waals surface area contributed by atoms with Crippen LogP contribution in [-0.4, -0.2) is 20.0 Å². The number of Topliss-reactive ketones (excluding diaryl/α,β-unsaturated/α-hetero) is 1. The second kappa shape index (κ2) is 10.1. The van der Waals surface area contributed by atoms with E-state index in [-0.39, 0.29) is 17.4 Å². The van der Waals surface area contributed by atoms with Gasteiger partial charge in [0.2, 0.25) is 0 Å². The molecule has 3 nitrogen and oxygen atoms in total. The quantitative estimate of drug-likeness (QED) is 0.327. The highest BCUT2D eigenvalue weighted by Gasteiger charge is 2.29. The number of rotatable bonds is 9. The van der Waals surface area contributed by atoms with Gasteiger partial charge in [-0.05, 0) is 79.0 Å². The number of hydrogen-bond acceptors (Lipinski definition) is 3. The van der Waals surface area contributed by atoms with E-state index >= 15 is 0 Å². The number of ketones is 1. The number of carbonyl (C=O) groups excluding carboxylic acids is 1. The van der Waals surface area contributed by atoms with Crippen LogP contribution in [0.3, 0.4) is 0 Å². The molecule has 0 amide bonds. The normalized spacial score (nSPS) is 16.3. The number of unbranched alkanes of at least 4 members (excludes halogenated alkanes) is 1. The molecular formula is C25H29BrO3S. The van der Waals surface area contributed by atoms with Gasteiger partial charge in [0.15, 0.2) is 9.84 Å². The van der Waals surface area contributed by atoms with Crippen molar-refractivity contribution in [3.05, 3.63) is 81.3 Å². The van der Waals surface area contributed by atoms with Crippen LogP contribution >= 0.6 is 15.9 Å². The van der Waals surface area contributed by atoms with Crippen LogP contribution in [0, 0.1) is 6.92 Å². The number of aryl methyl sites for hydroxylation is 3. The summed E-state index contributed by atoms with van der Waals surface area (Å²) in [6.07, 6.45) is 6.49. The smallest absolute Gasteiger partial charge is 0.154 e. The summed E-state index contributed by atoms with van der Waals surface area (Å²) in [5.41, 5.74) is 5.37. The zero-order chi connectivity index (χ0) is 21.7. The van der Waals surface area contributed by atoms with E-state index in [4.69, 9.17) is 0 Å². The van der Waals surface area contributed by atoms with Gasteiger partial charge < -0.3 is 0 Å². The minimum Gasteiger partial charge on any atom is -0.299 e. The predicted octanol–water partition coefficient (Wildman–Crippen LogP) is 5.87. The summed E-state index contributed by atoms with van der Waals surface area (Å²) in [6, 6.07) is 11.6. The molecule has 0 radical (unpaired) electrons. The first kappa shape index (κ1) is 23.0. The van der Waals surface area contributed by atoms with Crippen LogP contribution in [0.1, 0.15) is 59.4 Å². The van der Waals surface area contributed by atoms with Crippen molar-refractivity contribution in [2.24, 2.45) is 0 Å². The Labute approximate surface area is 188 Å². The predicted molar refractivity (Wildman–Crippen MR) is 127 cm³/mol. The first-order valence-corrected chi connectivity index (χ1v) is 13.1. The van der Waals surface area contributed by atoms with E-state index in [9.17, 15) is 13.2 Å². The molecule has 160 valence electrons. The molecule has 1 atom stereocenters. The summed E-state index contributed by atoms with van der Waals surface area (Å²) in [6.45, 7) is 5.82. The van der Waals surface area contributed by atoms with Crippen molar-refractivity contribution in [1.29, 1.82) is 0 Å². The summed E-state index contributed by atoms with van der Waals surface area (Å²) >= 11 is 3.37. The van der Waals surface area contributed by atoms with Gasteiger partial charge in [-0.2, -0.15) is 0 Å². The summed E-state index contributed by atoms with van der Waals surface area (Å²) in [5, 5.41) is 0. The number of benzene rings is 2. The fourth-order valence-electron chi connectivity index (χ4n) is 4.35. The number of fused-ring (bicyclic) bond motifs is 1. The molecule has 0 aliphatic heterocycles. The minimum absolute atomic E-state index is 0.0242. The van der Waals surface area contributed by atoms with Crippen LogP contribution in [0.5, 0.6) is 0 Å². The molecule has 0 saturated heterocycles. The van der Waals surface area contributed by atoms with Gasteiger partial charge in [-0.3, -0.25) is 4.79 Å². The Kier molecular flexibility index (Phi) is 7.70. The van der Waals surface area contributed by atoms with Crippen LogP contribution in [0.2, 0.25) is 0 Å². The first-order valence-electron chi connectivity index (χ1n) is 10.5. The Balaban J connectivity index is 1.72. The lowest BCUT2D eigenvalue weighted by Gasteiger charge is -2.27. The van der Waals surface area contributed by atoms with Gasteiger partial charge in [-0.25, -0.2) is 8.42 Å². The minimum atomic E-state index is -3.19. The number of halogens is 1. The number of hydrogen-bond donors (Lipinski definition) is 0. The van der Waals surface area contributed by atoms with Crippen molar-refractivity contribution in [3.63, 3.8) is 0 Å². The largest absolute Gasteiger partial charge is 0.299 e. The van der Waals surface area contributed by atoms with E-state index in [1.165, 1.54) is 11.1 Å². The summed E-state index contributed by atoms with van der Waals surface area (Å²) < 4.78 is 26.2. The monoisotopic (exact) mass is 488 g/mol. The topological polar surface area (TPSA) is 51.2 Å². The van der Waals surface area contributed by atoms with E-state index in [1.54, 1.807) is 0 Å². The molecule has 30 heavy (non-hydrogen) atoms. The van der Waals surface area contributed by atoms with E-state index < -0.39 is 9.84 Å². The van der Waals surface area contributed by atoms with Gasteiger partial charge in [0, 0.05) is 16.8 Å². The molecule has 3 rings (SSSR count). The summed E-state index contributed by atoms with van der Waals surface area (Å²) in [5.74, 6) is 0.496. The number of carbonyl (C=O) groups is 1. The van der Waals surface area contributed by atoms with Gasteiger partial charge >= 0.3 is 0 Å². The van der Waals surface area contributed by atoms with Crippen molar-refractivity contribution in [2.45, 2.75) is 57.1 Å². The Morgan fingerprint density at radius 3 is 2.57 bits per heavy atom. The van der Waals surface area contributed by atoms with Gasteiger partial charge in [-0.1, -0.05) is 46.3 Å². The van der Waals surface area contributed by atoms with Crippen LogP contribution in [0.15, 0.2) is 53.5 Å². The van der Waals surface area contributed by atoms with Crippen molar-refractivity contribution < 1.29 is 13.2 Å². The van der Waals surface area contributed by atoms with Gasteiger partial charge in [0.05, 0.1) is 11.5 Å². The highest BCUT2D eigenvalue weighted by Crippen LogP contribution is 2.36. The third-order valence-corrected chi connectivity index (χ3v) is 7.94. The third-order valence-electron chi connectivity index (χ3n) is 5.81. The zero-order valence-corrected chi connectivity index (χ0v) is 19.9. The highest BCUT2D eigenvalue weighted by molar-refractivity contribution is 9.10. The van der Waals surface area contributed by atoms with E-state index in [0.717, 1.165) is 46.8 Å². The van der Waals surface area contributed by atoms with E-state index in [2.05, 4.69) is 41.6 Å². The Morgan fingerprint density at radius 1 is 1.13 bits per heavy atom. The maximum absolute atomic E-state index is 12.6. The van der Waals surface area contributed by atoms with Crippen LogP contribution in [0.4, 0.5) is 0 Å². The second-order valence-corrected chi connectivity index (χ2v) is 11.3. The van der Waals surface area contributed by atoms with Crippen LogP contribution in [0.25, 0.3) is 0 Å². The molecule has 2 aromatic rings. The molecule has 1 aliphatic carbocycles. The maximum Gasteiger partial charge on any atom is 0.154 e. The average Bonchev–Trinajstić information content (AvgIpc) is 2.70. The van der Waals surface area contributed by atoms with E-state index in [1.807, 2.05) is 30.3 Å². The fraction of sp³-hybridized carbons (Fsp3) is 0.400. The van der Waals surface area contributed by atoms with Crippen molar-refractivity contribution in [3.8, 4) is 0 Å². The Hall–Kier alpha value is -1.72. The lowest BCUT2D eigenvalue weighted by Crippen LogP contribution is -2.22. The maximum atomic E-state index is 12.6. The highest BCUT2D eigenvalue weighted by atomic mass is 79.9. The molecule has 0 bridgehead atoms. The molecule has 2 aromatic carbocycles. The fourth-order valence-corrected chi connectivity index (χ4v) is 6.00. The summed E-state index contributed by atoms with van der Waals surface area (Å²) in [7, 11) is -3.19. The standard InChI is InChI=1S/C25H29BrO3S/c1-3-4-5-6-23-24(27)12-9-21-16-20(15-18(2)25(21)23)13-14-30(28,29)17-19-7-10-22(26)11-8-19/h3,7-8,10-11,15-16,23H,1,4-6,9,12-14,17H2,2H3. The molecule has 5 heteroatoms. The lowest BCUT2D eigenvalue weighted by atomic mass is 9.76. The lowest BCUT2D eigenvalue weighted by molar-refractivity contribution is -0.121. The first-order chi connectivity index (χ1) is 14.3. The SMILES string of the molecule is C=CCCCC1C(=O)CCc2cc(CCS(=O)(=O)Cc3ccc(Br)cc3)cc(C)c21. The van der Waals surface area contributed by atoms with Crippen molar-refractivity contribution in [2.75, 3.05) is 5.75 Å². The molecule has 0 spiro atoms. The number of allylic oxidation sites excluding steroid dienone is 1. The molecule has 0 fully saturated rings. The van der Waals surface area contributed by atoms with Crippen LogP contribution in [-0.2, 0) is 33.2 Å². The van der Waals surface area contributed by atoms with Gasteiger partial charge in [0.1, 0.15) is 5.78 Å². The molecular weight excluding hydrogens is 460 g/mol. The second-order valence-electron chi connectivity index (χ2n) is 8.19. The molecule has 1 unspecified atom stereocenters. The Bertz CT molecular complexity index is 1020. The van der Waals surface area contributed by atoms with Crippen LogP contribution < -0.4 is 0 Å². The molecule has 0 aromatic heterocycles.